The summed E-state index contributed by atoms with van der Waals surface area (Å²) in [5, 5.41) is 10.8. The number of morpholine rings is 1. The minimum absolute atomic E-state index is 0.154. The van der Waals surface area contributed by atoms with Crippen LogP contribution in [0.4, 0.5) is 18.9 Å². The van der Waals surface area contributed by atoms with Crippen molar-refractivity contribution >= 4 is 11.8 Å². The number of benzene rings is 2. The highest BCUT2D eigenvalue weighted by atomic mass is 19.4. The third-order valence-electron chi connectivity index (χ3n) is 6.52. The number of ether oxygens (including phenoxy) is 1. The molecule has 3 aliphatic rings. The largest absolute Gasteiger partial charge is 0.416 e. The predicted molar refractivity (Wildman–Crippen MR) is 116 cm³/mol. The highest BCUT2D eigenvalue weighted by Crippen LogP contribution is 2.49. The van der Waals surface area contributed by atoms with E-state index in [-0.39, 0.29) is 6.04 Å². The van der Waals surface area contributed by atoms with Gasteiger partial charge in [0.15, 0.2) is 5.66 Å². The Labute approximate surface area is 185 Å². The van der Waals surface area contributed by atoms with Crippen LogP contribution in [-0.4, -0.2) is 42.9 Å². The topological polar surface area (TPSA) is 40.4 Å². The summed E-state index contributed by atoms with van der Waals surface area (Å²) >= 11 is 0. The van der Waals surface area contributed by atoms with Gasteiger partial charge in [0.25, 0.3) is 0 Å². The summed E-state index contributed by atoms with van der Waals surface area (Å²) in [7, 11) is 0. The van der Waals surface area contributed by atoms with E-state index in [1.165, 1.54) is 12.1 Å². The van der Waals surface area contributed by atoms with Gasteiger partial charge < -0.3 is 4.74 Å². The minimum atomic E-state index is -4.42. The molecule has 0 radical (unpaired) electrons. The fraction of sp³-hybridized carbons (Fsp3) is 0.417. The molecule has 1 aliphatic carbocycles. The van der Waals surface area contributed by atoms with Gasteiger partial charge in [-0.15, -0.1) is 0 Å². The van der Waals surface area contributed by atoms with Crippen molar-refractivity contribution in [2.45, 2.75) is 37.1 Å². The van der Waals surface area contributed by atoms with Crippen LogP contribution in [0.5, 0.6) is 0 Å². The van der Waals surface area contributed by atoms with Crippen LogP contribution >= 0.6 is 0 Å². The van der Waals surface area contributed by atoms with Crippen LogP contribution in [0.2, 0.25) is 0 Å². The Morgan fingerprint density at radius 1 is 1.03 bits per heavy atom. The van der Waals surface area contributed by atoms with E-state index in [9.17, 15) is 13.2 Å². The highest BCUT2D eigenvalue weighted by Gasteiger charge is 2.57. The van der Waals surface area contributed by atoms with Crippen LogP contribution in [-0.2, 0) is 10.9 Å². The fourth-order valence-electron chi connectivity index (χ4n) is 5.13. The first kappa shape index (κ1) is 21.2. The molecule has 0 aromatic heterocycles. The molecular weight excluding hydrogens is 417 g/mol. The summed E-state index contributed by atoms with van der Waals surface area (Å²) in [6.07, 6.45) is 0.378. The van der Waals surface area contributed by atoms with Crippen molar-refractivity contribution < 1.29 is 17.9 Å². The van der Waals surface area contributed by atoms with Gasteiger partial charge >= 0.3 is 6.18 Å². The van der Waals surface area contributed by atoms with Gasteiger partial charge in [0.05, 0.1) is 24.5 Å². The number of alkyl halides is 3. The van der Waals surface area contributed by atoms with Gasteiger partial charge in [-0.1, -0.05) is 47.7 Å². The van der Waals surface area contributed by atoms with Crippen LogP contribution in [0.25, 0.3) is 6.08 Å². The molecule has 2 atom stereocenters. The van der Waals surface area contributed by atoms with Crippen LogP contribution in [0, 0.1) is 0 Å². The lowest BCUT2D eigenvalue weighted by molar-refractivity contribution is -0.137. The Morgan fingerprint density at radius 3 is 2.56 bits per heavy atom. The van der Waals surface area contributed by atoms with E-state index in [0.717, 1.165) is 36.5 Å². The number of hydrogen-bond donors (Lipinski definition) is 0. The number of nitrogens with zero attached hydrogens (tertiary/aromatic N) is 4. The van der Waals surface area contributed by atoms with Gasteiger partial charge in [-0.2, -0.15) is 18.3 Å². The second-order valence-corrected chi connectivity index (χ2v) is 8.38. The van der Waals surface area contributed by atoms with E-state index in [4.69, 9.17) is 4.74 Å². The molecule has 5 nitrogen and oxygen atoms in total. The maximum Gasteiger partial charge on any atom is 0.416 e. The number of rotatable bonds is 3. The average molecular weight is 442 g/mol. The van der Waals surface area contributed by atoms with E-state index in [2.05, 4.69) is 21.3 Å². The number of fused-ring (bicyclic) bond motifs is 1. The highest BCUT2D eigenvalue weighted by molar-refractivity contribution is 5.63. The molecule has 0 bridgehead atoms. The Bertz CT molecular complexity index is 1020. The lowest BCUT2D eigenvalue weighted by Gasteiger charge is -2.52. The molecule has 2 unspecified atom stereocenters. The summed E-state index contributed by atoms with van der Waals surface area (Å²) in [6.45, 7) is 2.49. The monoisotopic (exact) mass is 442 g/mol. The van der Waals surface area contributed by atoms with Gasteiger partial charge in [-0.05, 0) is 48.6 Å². The maximum atomic E-state index is 13.5. The van der Waals surface area contributed by atoms with Gasteiger partial charge in [-0.3, -0.25) is 4.90 Å². The quantitative estimate of drug-likeness (QED) is 0.625. The molecule has 2 aromatic carbocycles. The molecular formula is C24H25F3N4O. The minimum Gasteiger partial charge on any atom is -0.379 e. The van der Waals surface area contributed by atoms with Crippen molar-refractivity contribution in [2.75, 3.05) is 31.3 Å². The summed E-state index contributed by atoms with van der Waals surface area (Å²) in [4.78, 5) is 2.30. The first-order chi connectivity index (χ1) is 15.5. The smallest absolute Gasteiger partial charge is 0.379 e. The summed E-state index contributed by atoms with van der Waals surface area (Å²) in [5.41, 5.74) is 1.17. The zero-order chi connectivity index (χ0) is 22.2. The molecule has 1 saturated heterocycles. The third-order valence-corrected chi connectivity index (χ3v) is 6.52. The standard InChI is InChI=1S/C24H25F3N4O/c25-24(26,27)20-9-4-10-21(17-20)31-23(30-12-14-32-15-13-30)19(8-5-11-22(23)28-29-31)16-18-6-2-1-3-7-18/h1-4,6-7,9-10,16-17,22H,5,8,11-15H2. The molecule has 32 heavy (non-hydrogen) atoms. The van der Waals surface area contributed by atoms with Gasteiger partial charge in [0, 0.05) is 13.1 Å². The SMILES string of the molecule is FC(F)(F)c1cccc(N2N=NC3CCCC(=Cc4ccccc4)C32N2CCOCC2)c1. The van der Waals surface area contributed by atoms with E-state index in [1.54, 1.807) is 11.1 Å². The van der Waals surface area contributed by atoms with Crippen LogP contribution < -0.4 is 5.01 Å². The van der Waals surface area contributed by atoms with Gasteiger partial charge in [0.1, 0.15) is 6.04 Å². The molecule has 2 heterocycles. The first-order valence-corrected chi connectivity index (χ1v) is 11.0. The normalized spacial score (nSPS) is 27.7. The third kappa shape index (κ3) is 3.61. The second kappa shape index (κ2) is 8.33. The Balaban J connectivity index is 1.66. The average Bonchev–Trinajstić information content (AvgIpc) is 3.21. The number of hydrogen-bond acceptors (Lipinski definition) is 5. The maximum absolute atomic E-state index is 13.5. The van der Waals surface area contributed by atoms with E-state index in [0.29, 0.717) is 32.0 Å². The van der Waals surface area contributed by atoms with Crippen molar-refractivity contribution in [1.29, 1.82) is 0 Å². The second-order valence-electron chi connectivity index (χ2n) is 8.38. The molecule has 0 amide bonds. The molecule has 168 valence electrons. The van der Waals surface area contributed by atoms with Crippen molar-refractivity contribution in [2.24, 2.45) is 10.3 Å². The number of halogens is 3. The van der Waals surface area contributed by atoms with E-state index in [1.807, 2.05) is 30.3 Å². The fourth-order valence-corrected chi connectivity index (χ4v) is 5.13. The number of anilines is 1. The first-order valence-electron chi connectivity index (χ1n) is 11.0. The van der Waals surface area contributed by atoms with Crippen LogP contribution in [0.3, 0.4) is 0 Å². The Hall–Kier alpha value is -2.71. The van der Waals surface area contributed by atoms with Crippen LogP contribution in [0.1, 0.15) is 30.4 Å². The molecule has 1 saturated carbocycles. The van der Waals surface area contributed by atoms with Crippen molar-refractivity contribution in [3.8, 4) is 0 Å². The molecule has 0 N–H and O–H groups in total. The molecule has 2 fully saturated rings. The molecule has 2 aromatic rings. The Morgan fingerprint density at radius 2 is 1.81 bits per heavy atom. The van der Waals surface area contributed by atoms with Crippen molar-refractivity contribution in [3.05, 3.63) is 71.3 Å². The van der Waals surface area contributed by atoms with Crippen LogP contribution in [0.15, 0.2) is 70.5 Å². The van der Waals surface area contributed by atoms with Crippen molar-refractivity contribution in [1.82, 2.24) is 4.90 Å². The van der Waals surface area contributed by atoms with Gasteiger partial charge in [0.2, 0.25) is 0 Å². The molecule has 8 heteroatoms. The predicted octanol–water partition coefficient (Wildman–Crippen LogP) is 5.56. The molecule has 0 spiro atoms. The Kier molecular flexibility index (Phi) is 5.51. The van der Waals surface area contributed by atoms with E-state index < -0.39 is 17.4 Å². The lowest BCUT2D eigenvalue weighted by Crippen LogP contribution is -2.67. The van der Waals surface area contributed by atoms with Gasteiger partial charge in [-0.25, -0.2) is 5.01 Å². The zero-order valence-corrected chi connectivity index (χ0v) is 17.6. The summed E-state index contributed by atoms with van der Waals surface area (Å²) < 4.78 is 46.1. The van der Waals surface area contributed by atoms with Crippen molar-refractivity contribution in [3.63, 3.8) is 0 Å². The lowest BCUT2D eigenvalue weighted by atomic mass is 9.77. The van der Waals surface area contributed by atoms with E-state index >= 15 is 0 Å². The molecule has 2 aliphatic heterocycles. The molecule has 5 rings (SSSR count). The zero-order valence-electron chi connectivity index (χ0n) is 17.6. The summed E-state index contributed by atoms with van der Waals surface area (Å²) in [5.74, 6) is 0. The summed E-state index contributed by atoms with van der Waals surface area (Å²) in [6, 6.07) is 15.3.